The number of aromatic nitrogens is 3. The summed E-state index contributed by atoms with van der Waals surface area (Å²) in [5.74, 6) is 0.535. The molecule has 4 rings (SSSR count). The summed E-state index contributed by atoms with van der Waals surface area (Å²) >= 11 is 0. The Morgan fingerprint density at radius 2 is 1.85 bits per heavy atom. The molecule has 2 aromatic heterocycles. The van der Waals surface area contributed by atoms with Crippen molar-refractivity contribution in [3.8, 4) is 11.3 Å². The lowest BCUT2D eigenvalue weighted by atomic mass is 10.1. The van der Waals surface area contributed by atoms with Crippen LogP contribution in [-0.2, 0) is 22.4 Å². The molecule has 0 saturated heterocycles. The second-order valence-corrected chi connectivity index (χ2v) is 9.14. The predicted octanol–water partition coefficient (Wildman–Crippen LogP) is 4.56. The van der Waals surface area contributed by atoms with Crippen molar-refractivity contribution in [2.45, 2.75) is 58.1 Å². The van der Waals surface area contributed by atoms with E-state index in [0.717, 1.165) is 17.0 Å². The van der Waals surface area contributed by atoms with Crippen LogP contribution in [-0.4, -0.2) is 32.6 Å². The first-order valence-corrected chi connectivity index (χ1v) is 11.2. The molecule has 0 fully saturated rings. The Balaban J connectivity index is 1.72. The molecule has 1 aliphatic rings. The summed E-state index contributed by atoms with van der Waals surface area (Å²) in [6, 6.07) is 12.9. The van der Waals surface area contributed by atoms with E-state index < -0.39 is 17.7 Å². The zero-order valence-electron chi connectivity index (χ0n) is 19.1. The number of aromatic amines is 1. The number of H-pyrrole nitrogens is 1. The van der Waals surface area contributed by atoms with Crippen LogP contribution in [0.15, 0.2) is 48.7 Å². The summed E-state index contributed by atoms with van der Waals surface area (Å²) in [5.41, 5.74) is 3.29. The first-order chi connectivity index (χ1) is 15.8. The van der Waals surface area contributed by atoms with Crippen LogP contribution < -0.4 is 10.6 Å². The summed E-state index contributed by atoms with van der Waals surface area (Å²) < 4.78 is 5.48. The van der Waals surface area contributed by atoms with Gasteiger partial charge in [0.1, 0.15) is 11.4 Å². The van der Waals surface area contributed by atoms with Gasteiger partial charge in [0.2, 0.25) is 5.91 Å². The second kappa shape index (κ2) is 9.44. The molecule has 3 N–H and O–H groups in total. The number of fused-ring (bicyclic) bond motifs is 6. The number of hydrogen-bond acceptors (Lipinski definition) is 5. The van der Waals surface area contributed by atoms with E-state index in [1.807, 2.05) is 63.2 Å². The Bertz CT molecular complexity index is 1150. The number of nitrogens with one attached hydrogen (secondary N) is 3. The summed E-state index contributed by atoms with van der Waals surface area (Å²) in [6.45, 7) is 5.47. The van der Waals surface area contributed by atoms with Gasteiger partial charge in [-0.25, -0.2) is 9.78 Å². The highest BCUT2D eigenvalue weighted by Gasteiger charge is 2.24. The molecule has 172 valence electrons. The number of carbonyl (C=O) groups excluding carboxylic acids is 2. The number of aryl methyl sites for hydroxylation is 1. The van der Waals surface area contributed by atoms with Crippen molar-refractivity contribution in [1.29, 1.82) is 0 Å². The first-order valence-electron chi connectivity index (χ1n) is 11.2. The minimum Gasteiger partial charge on any atom is -0.444 e. The van der Waals surface area contributed by atoms with Crippen LogP contribution in [0.25, 0.3) is 11.3 Å². The molecule has 1 unspecified atom stereocenters. The molecule has 4 bridgehead atoms. The summed E-state index contributed by atoms with van der Waals surface area (Å²) in [7, 11) is 0. The maximum Gasteiger partial charge on any atom is 0.408 e. The van der Waals surface area contributed by atoms with Crippen LogP contribution in [0, 0.1) is 0 Å². The lowest BCUT2D eigenvalue weighted by molar-refractivity contribution is -0.116. The molecule has 1 atom stereocenters. The Morgan fingerprint density at radius 1 is 1.06 bits per heavy atom. The number of imidazole rings is 1. The number of anilines is 1. The Labute approximate surface area is 193 Å². The molecule has 3 heterocycles. The summed E-state index contributed by atoms with van der Waals surface area (Å²) in [4.78, 5) is 37.8. The Morgan fingerprint density at radius 3 is 2.67 bits per heavy atom. The number of nitrogens with zero attached hydrogens (tertiary/aromatic N) is 2. The molecule has 1 aliphatic heterocycles. The highest BCUT2D eigenvalue weighted by Crippen LogP contribution is 2.28. The maximum absolute atomic E-state index is 12.6. The van der Waals surface area contributed by atoms with E-state index >= 15 is 0 Å². The van der Waals surface area contributed by atoms with Crippen molar-refractivity contribution in [2.75, 3.05) is 5.32 Å². The van der Waals surface area contributed by atoms with Gasteiger partial charge in [-0.15, -0.1) is 0 Å². The number of alkyl carbamates (subject to hydrolysis) is 1. The SMILES string of the molecule is CC(C)(C)OC(=O)NC1Cc2cccc(n2)CCCC(=O)Nc2ccccc2-c2c[nH]c1n2. The molecule has 8 nitrogen and oxygen atoms in total. The number of carbonyl (C=O) groups is 2. The molecule has 0 spiro atoms. The molecule has 3 aromatic rings. The molecule has 0 saturated carbocycles. The summed E-state index contributed by atoms with van der Waals surface area (Å²) in [6.07, 6.45) is 3.48. The van der Waals surface area contributed by atoms with Crippen molar-refractivity contribution in [3.63, 3.8) is 0 Å². The van der Waals surface area contributed by atoms with E-state index in [4.69, 9.17) is 14.7 Å². The number of ether oxygens (including phenoxy) is 1. The van der Waals surface area contributed by atoms with Gasteiger partial charge in [-0.1, -0.05) is 24.3 Å². The predicted molar refractivity (Wildman–Crippen MR) is 126 cm³/mol. The van der Waals surface area contributed by atoms with Gasteiger partial charge in [0.05, 0.1) is 17.4 Å². The van der Waals surface area contributed by atoms with Crippen LogP contribution in [0.4, 0.5) is 10.5 Å². The van der Waals surface area contributed by atoms with E-state index in [1.54, 1.807) is 6.20 Å². The molecular formula is C25H29N5O3. The number of rotatable bonds is 1. The van der Waals surface area contributed by atoms with Gasteiger partial charge in [-0.3, -0.25) is 9.78 Å². The smallest absolute Gasteiger partial charge is 0.408 e. The van der Waals surface area contributed by atoms with Crippen molar-refractivity contribution in [2.24, 2.45) is 0 Å². The van der Waals surface area contributed by atoms with Gasteiger partial charge in [0.25, 0.3) is 0 Å². The average Bonchev–Trinajstić information content (AvgIpc) is 3.22. The molecule has 2 amide bonds. The number of amides is 2. The fourth-order valence-electron chi connectivity index (χ4n) is 3.77. The average molecular weight is 448 g/mol. The number of hydrogen-bond donors (Lipinski definition) is 3. The van der Waals surface area contributed by atoms with E-state index in [-0.39, 0.29) is 5.91 Å². The van der Waals surface area contributed by atoms with Crippen molar-refractivity contribution in [3.05, 3.63) is 65.9 Å². The van der Waals surface area contributed by atoms with Crippen LogP contribution in [0.2, 0.25) is 0 Å². The normalized spacial score (nSPS) is 16.6. The third-order valence-corrected chi connectivity index (χ3v) is 5.21. The van der Waals surface area contributed by atoms with Crippen LogP contribution >= 0.6 is 0 Å². The van der Waals surface area contributed by atoms with Crippen molar-refractivity contribution < 1.29 is 14.3 Å². The molecule has 0 aliphatic carbocycles. The number of para-hydroxylation sites is 1. The Kier molecular flexibility index (Phi) is 6.44. The van der Waals surface area contributed by atoms with Gasteiger partial charge >= 0.3 is 6.09 Å². The maximum atomic E-state index is 12.6. The highest BCUT2D eigenvalue weighted by molar-refractivity contribution is 5.95. The van der Waals surface area contributed by atoms with Gasteiger partial charge in [0.15, 0.2) is 0 Å². The fraction of sp³-hybridized carbons (Fsp3) is 0.360. The fourth-order valence-corrected chi connectivity index (χ4v) is 3.77. The van der Waals surface area contributed by atoms with Crippen LogP contribution in [0.3, 0.4) is 0 Å². The first kappa shape index (κ1) is 22.5. The van der Waals surface area contributed by atoms with Gasteiger partial charge in [0, 0.05) is 36.0 Å². The largest absolute Gasteiger partial charge is 0.444 e. The molecular weight excluding hydrogens is 418 g/mol. The molecule has 33 heavy (non-hydrogen) atoms. The van der Waals surface area contributed by atoms with E-state index in [0.29, 0.717) is 42.9 Å². The molecule has 0 radical (unpaired) electrons. The van der Waals surface area contributed by atoms with E-state index in [9.17, 15) is 9.59 Å². The minimum absolute atomic E-state index is 0.0475. The molecule has 1 aromatic carbocycles. The number of benzene rings is 1. The van der Waals surface area contributed by atoms with Crippen LogP contribution in [0.1, 0.15) is 56.9 Å². The monoisotopic (exact) mass is 447 g/mol. The van der Waals surface area contributed by atoms with Crippen LogP contribution in [0.5, 0.6) is 0 Å². The third-order valence-electron chi connectivity index (χ3n) is 5.21. The second-order valence-electron chi connectivity index (χ2n) is 9.14. The van der Waals surface area contributed by atoms with Gasteiger partial charge in [-0.05, 0) is 51.8 Å². The Hall–Kier alpha value is -3.68. The topological polar surface area (TPSA) is 109 Å². The van der Waals surface area contributed by atoms with Crippen molar-refractivity contribution in [1.82, 2.24) is 20.3 Å². The quantitative estimate of drug-likeness (QED) is 0.507. The zero-order chi connectivity index (χ0) is 23.4. The lowest BCUT2D eigenvalue weighted by Gasteiger charge is -2.23. The minimum atomic E-state index is -0.618. The van der Waals surface area contributed by atoms with Gasteiger partial charge in [-0.2, -0.15) is 0 Å². The van der Waals surface area contributed by atoms with Crippen molar-refractivity contribution >= 4 is 17.7 Å². The van der Waals surface area contributed by atoms with E-state index in [1.165, 1.54) is 0 Å². The highest BCUT2D eigenvalue weighted by atomic mass is 16.6. The summed E-state index contributed by atoms with van der Waals surface area (Å²) in [5, 5.41) is 5.94. The van der Waals surface area contributed by atoms with E-state index in [2.05, 4.69) is 15.6 Å². The lowest BCUT2D eigenvalue weighted by Crippen LogP contribution is -2.36. The molecule has 8 heteroatoms. The third kappa shape index (κ3) is 5.97. The van der Waals surface area contributed by atoms with Gasteiger partial charge < -0.3 is 20.4 Å². The number of pyridine rings is 1. The standard InChI is InChI=1S/C25H29N5O3/c1-25(2,3)33-24(32)30-20-14-17-10-6-8-16(27-17)9-7-13-22(31)28-19-12-5-4-11-18(19)21-15-26-23(20)29-21/h4-6,8,10-12,15,20H,7,9,13-14H2,1-3H3,(H,26,29)(H,28,31)(H,30,32). The zero-order valence-corrected chi connectivity index (χ0v) is 19.1.